The predicted molar refractivity (Wildman–Crippen MR) is 84.9 cm³/mol. The number of methoxy groups -OCH3 is 2. The summed E-state index contributed by atoms with van der Waals surface area (Å²) in [5, 5.41) is 8.69. The maximum atomic E-state index is 12.3. The lowest BCUT2D eigenvalue weighted by atomic mass is 10.1. The molecule has 0 bridgehead atoms. The Morgan fingerprint density at radius 1 is 1.23 bits per heavy atom. The highest BCUT2D eigenvalue weighted by Gasteiger charge is 2.16. The first-order valence-corrected chi connectivity index (χ1v) is 7.40. The summed E-state index contributed by atoms with van der Waals surface area (Å²) in [7, 11) is 3.21. The summed E-state index contributed by atoms with van der Waals surface area (Å²) in [5.41, 5.74) is 0.994. The molecule has 0 heterocycles. The molecule has 1 aromatic carbocycles. The van der Waals surface area contributed by atoms with Gasteiger partial charge in [-0.2, -0.15) is 5.26 Å². The lowest BCUT2D eigenvalue weighted by Gasteiger charge is -2.26. The van der Waals surface area contributed by atoms with Crippen LogP contribution in [0.1, 0.15) is 32.3 Å². The Labute approximate surface area is 132 Å². The van der Waals surface area contributed by atoms with Crippen LogP contribution in [0.15, 0.2) is 18.2 Å². The summed E-state index contributed by atoms with van der Waals surface area (Å²) in [4.78, 5) is 14.1. The standard InChI is InChI=1S/C17H24N2O3/c1-13(2)19(9-5-8-18)17(20)7-6-14-10-15(21-3)12-16(11-14)22-4/h10-13H,5-7,9H2,1-4H3. The van der Waals surface area contributed by atoms with Crippen LogP contribution in [0.4, 0.5) is 0 Å². The molecule has 0 N–H and O–H groups in total. The average Bonchev–Trinajstić information content (AvgIpc) is 2.52. The number of rotatable bonds is 8. The van der Waals surface area contributed by atoms with Crippen LogP contribution in [-0.2, 0) is 11.2 Å². The summed E-state index contributed by atoms with van der Waals surface area (Å²) >= 11 is 0. The number of carbonyl (C=O) groups excluding carboxylic acids is 1. The Balaban J connectivity index is 2.71. The van der Waals surface area contributed by atoms with Gasteiger partial charge in [0.1, 0.15) is 11.5 Å². The quantitative estimate of drug-likeness (QED) is 0.741. The lowest BCUT2D eigenvalue weighted by molar-refractivity contribution is -0.132. The summed E-state index contributed by atoms with van der Waals surface area (Å²) in [5.74, 6) is 1.49. The second-order valence-electron chi connectivity index (χ2n) is 5.31. The summed E-state index contributed by atoms with van der Waals surface area (Å²) in [6, 6.07) is 7.80. The average molecular weight is 304 g/mol. The molecule has 0 aliphatic rings. The van der Waals surface area contributed by atoms with Crippen LogP contribution < -0.4 is 9.47 Å². The van der Waals surface area contributed by atoms with Gasteiger partial charge in [-0.1, -0.05) is 0 Å². The van der Waals surface area contributed by atoms with E-state index in [1.54, 1.807) is 25.2 Å². The Bertz CT molecular complexity index is 513. The van der Waals surface area contributed by atoms with Crippen molar-refractivity contribution in [3.63, 3.8) is 0 Å². The molecule has 5 nitrogen and oxygen atoms in total. The van der Waals surface area contributed by atoms with Gasteiger partial charge < -0.3 is 14.4 Å². The SMILES string of the molecule is COc1cc(CCC(=O)N(CCC#N)C(C)C)cc(OC)c1. The van der Waals surface area contributed by atoms with Crippen LogP contribution in [0.5, 0.6) is 11.5 Å². The predicted octanol–water partition coefficient (Wildman–Crippen LogP) is 2.79. The number of nitrogens with zero attached hydrogens (tertiary/aromatic N) is 2. The van der Waals surface area contributed by atoms with Crippen molar-refractivity contribution in [1.29, 1.82) is 5.26 Å². The van der Waals surface area contributed by atoms with Gasteiger partial charge >= 0.3 is 0 Å². The smallest absolute Gasteiger partial charge is 0.223 e. The van der Waals surface area contributed by atoms with Gasteiger partial charge in [-0.15, -0.1) is 0 Å². The van der Waals surface area contributed by atoms with E-state index in [-0.39, 0.29) is 11.9 Å². The van der Waals surface area contributed by atoms with Gasteiger partial charge in [-0.3, -0.25) is 4.79 Å². The van der Waals surface area contributed by atoms with E-state index in [2.05, 4.69) is 6.07 Å². The third-order valence-electron chi connectivity index (χ3n) is 3.45. The maximum absolute atomic E-state index is 12.3. The van der Waals surface area contributed by atoms with Crippen LogP contribution in [-0.4, -0.2) is 37.6 Å². The van der Waals surface area contributed by atoms with E-state index in [0.29, 0.717) is 37.3 Å². The molecule has 0 aliphatic carbocycles. The Morgan fingerprint density at radius 3 is 2.27 bits per heavy atom. The lowest BCUT2D eigenvalue weighted by Crippen LogP contribution is -2.37. The molecule has 0 aromatic heterocycles. The van der Waals surface area contributed by atoms with E-state index in [4.69, 9.17) is 14.7 Å². The molecule has 0 spiro atoms. The van der Waals surface area contributed by atoms with Gasteiger partial charge in [0.05, 0.1) is 26.7 Å². The number of nitriles is 1. The molecule has 0 aliphatic heterocycles. The third kappa shape index (κ3) is 5.28. The molecule has 120 valence electrons. The van der Waals surface area contributed by atoms with Crippen LogP contribution in [0.2, 0.25) is 0 Å². The first kappa shape index (κ1) is 17.8. The Morgan fingerprint density at radius 2 is 1.82 bits per heavy atom. The fraction of sp³-hybridized carbons (Fsp3) is 0.529. The van der Waals surface area contributed by atoms with Gasteiger partial charge in [-0.05, 0) is 38.0 Å². The van der Waals surface area contributed by atoms with Crippen molar-refractivity contribution in [1.82, 2.24) is 4.90 Å². The topological polar surface area (TPSA) is 62.6 Å². The van der Waals surface area contributed by atoms with Crippen LogP contribution in [0.3, 0.4) is 0 Å². The summed E-state index contributed by atoms with van der Waals surface area (Å²) in [6.45, 7) is 4.40. The minimum Gasteiger partial charge on any atom is -0.497 e. The minimum atomic E-state index is 0.0621. The molecule has 5 heteroatoms. The van der Waals surface area contributed by atoms with Gasteiger partial charge in [0, 0.05) is 25.1 Å². The van der Waals surface area contributed by atoms with E-state index >= 15 is 0 Å². The summed E-state index contributed by atoms with van der Waals surface area (Å²) < 4.78 is 10.5. The molecular weight excluding hydrogens is 280 g/mol. The number of aryl methyl sites for hydroxylation is 1. The van der Waals surface area contributed by atoms with Crippen molar-refractivity contribution in [2.75, 3.05) is 20.8 Å². The molecular formula is C17H24N2O3. The van der Waals surface area contributed by atoms with Gasteiger partial charge in [0.25, 0.3) is 0 Å². The highest BCUT2D eigenvalue weighted by molar-refractivity contribution is 5.76. The zero-order valence-electron chi connectivity index (χ0n) is 13.8. The molecule has 1 aromatic rings. The van der Waals surface area contributed by atoms with Crippen LogP contribution in [0, 0.1) is 11.3 Å². The van der Waals surface area contributed by atoms with E-state index in [1.807, 2.05) is 26.0 Å². The fourth-order valence-electron chi connectivity index (χ4n) is 2.25. The second kappa shape index (κ2) is 8.93. The fourth-order valence-corrected chi connectivity index (χ4v) is 2.25. The normalized spacial score (nSPS) is 10.2. The van der Waals surface area contributed by atoms with Crippen molar-refractivity contribution >= 4 is 5.91 Å². The molecule has 1 amide bonds. The molecule has 0 unspecified atom stereocenters. The zero-order chi connectivity index (χ0) is 16.5. The highest BCUT2D eigenvalue weighted by atomic mass is 16.5. The van der Waals surface area contributed by atoms with Crippen LogP contribution in [0.25, 0.3) is 0 Å². The van der Waals surface area contributed by atoms with Gasteiger partial charge in [-0.25, -0.2) is 0 Å². The van der Waals surface area contributed by atoms with Crippen molar-refractivity contribution in [3.8, 4) is 17.6 Å². The molecule has 0 radical (unpaired) electrons. The van der Waals surface area contributed by atoms with E-state index < -0.39 is 0 Å². The molecule has 1 rings (SSSR count). The molecule has 0 fully saturated rings. The minimum absolute atomic E-state index is 0.0621. The number of amides is 1. The van der Waals surface area contributed by atoms with Crippen molar-refractivity contribution in [2.45, 2.75) is 39.2 Å². The largest absolute Gasteiger partial charge is 0.497 e. The Kier molecular flexibility index (Phi) is 7.24. The number of ether oxygens (including phenoxy) is 2. The number of hydrogen-bond donors (Lipinski definition) is 0. The number of benzene rings is 1. The zero-order valence-corrected chi connectivity index (χ0v) is 13.8. The molecule has 0 atom stereocenters. The van der Waals surface area contributed by atoms with Gasteiger partial charge in [0.15, 0.2) is 0 Å². The van der Waals surface area contributed by atoms with Crippen molar-refractivity contribution < 1.29 is 14.3 Å². The van der Waals surface area contributed by atoms with E-state index in [9.17, 15) is 4.79 Å². The van der Waals surface area contributed by atoms with Crippen molar-refractivity contribution in [2.24, 2.45) is 0 Å². The van der Waals surface area contributed by atoms with Crippen molar-refractivity contribution in [3.05, 3.63) is 23.8 Å². The number of hydrogen-bond acceptors (Lipinski definition) is 4. The second-order valence-corrected chi connectivity index (χ2v) is 5.31. The first-order chi connectivity index (χ1) is 10.5. The highest BCUT2D eigenvalue weighted by Crippen LogP contribution is 2.23. The van der Waals surface area contributed by atoms with Crippen LogP contribution >= 0.6 is 0 Å². The molecule has 0 saturated heterocycles. The van der Waals surface area contributed by atoms with Gasteiger partial charge in [0.2, 0.25) is 5.91 Å². The molecule has 0 saturated carbocycles. The van der Waals surface area contributed by atoms with E-state index in [0.717, 1.165) is 5.56 Å². The maximum Gasteiger partial charge on any atom is 0.223 e. The number of carbonyl (C=O) groups is 1. The monoisotopic (exact) mass is 304 g/mol. The van der Waals surface area contributed by atoms with E-state index in [1.165, 1.54) is 0 Å². The first-order valence-electron chi connectivity index (χ1n) is 7.40. The Hall–Kier alpha value is -2.22. The molecule has 22 heavy (non-hydrogen) atoms. The third-order valence-corrected chi connectivity index (χ3v) is 3.45. The summed E-state index contributed by atoms with van der Waals surface area (Å²) in [6.07, 6.45) is 1.37.